The van der Waals surface area contributed by atoms with Crippen LogP contribution in [0, 0.1) is 6.92 Å². The molecule has 1 fully saturated rings. The van der Waals surface area contributed by atoms with E-state index >= 15 is 0 Å². The minimum Gasteiger partial charge on any atom is -0.484 e. The van der Waals surface area contributed by atoms with Crippen LogP contribution in [0.25, 0.3) is 0 Å². The molecule has 1 aliphatic rings. The molecule has 14 heteroatoms. The number of carbonyl (C=O) groups excluding carboxylic acids is 2. The molecular weight excluding hydrogens is 533 g/mol. The Kier molecular flexibility index (Phi) is 11.4. The fourth-order valence-electron chi connectivity index (χ4n) is 3.37. The molecule has 0 aliphatic carbocycles. The van der Waals surface area contributed by atoms with Gasteiger partial charge in [-0.2, -0.15) is 0 Å². The van der Waals surface area contributed by atoms with Gasteiger partial charge >= 0.3 is 5.97 Å². The average Bonchev–Trinajstić information content (AvgIpc) is 2.89. The minimum atomic E-state index is -1.49. The van der Waals surface area contributed by atoms with Crippen LogP contribution in [0.3, 0.4) is 0 Å². The van der Waals surface area contributed by atoms with Crippen LogP contribution in [-0.4, -0.2) is 97.7 Å². The molecule has 1 aromatic rings. The molecule has 0 radical (unpaired) electrons. The van der Waals surface area contributed by atoms with Crippen LogP contribution < -0.4 is 10.1 Å². The van der Waals surface area contributed by atoms with Gasteiger partial charge in [-0.3, -0.25) is 14.8 Å². The lowest BCUT2D eigenvalue weighted by Crippen LogP contribution is -2.64. The number of hydrogen-bond donors (Lipinski definition) is 4. The lowest BCUT2D eigenvalue weighted by atomic mass is 9.96. The normalized spacial score (nSPS) is 24.4. The highest BCUT2D eigenvalue weighted by Gasteiger charge is 2.45. The summed E-state index contributed by atoms with van der Waals surface area (Å²) in [5.74, 6) is -1.22. The summed E-state index contributed by atoms with van der Waals surface area (Å²) in [5.41, 5.74) is 0.726. The number of methoxy groups -OCH3 is 2. The maximum absolute atomic E-state index is 13.0. The molecule has 1 aliphatic heterocycles. The van der Waals surface area contributed by atoms with E-state index in [2.05, 4.69) is 26.8 Å². The number of ether oxygens (including phenoxy) is 4. The summed E-state index contributed by atoms with van der Waals surface area (Å²) in [4.78, 5) is 32.2. The number of benzene rings is 1. The molecule has 0 aromatic heterocycles. The number of esters is 1. The van der Waals surface area contributed by atoms with Gasteiger partial charge in [0.15, 0.2) is 12.0 Å². The number of aliphatic imine (C=N–C) groups is 2. The Bertz CT molecular complexity index is 1080. The number of hydrogen-bond acceptors (Lipinski definition) is 11. The van der Waals surface area contributed by atoms with Crippen molar-refractivity contribution in [1.29, 1.82) is 0 Å². The zero-order valence-electron chi connectivity index (χ0n) is 20.6. The molecule has 4 N–H and O–H groups in total. The first-order valence-corrected chi connectivity index (χ1v) is 11.6. The van der Waals surface area contributed by atoms with Crippen molar-refractivity contribution in [1.82, 2.24) is 5.32 Å². The Labute approximate surface area is 223 Å². The summed E-state index contributed by atoms with van der Waals surface area (Å²) < 4.78 is 20.8. The summed E-state index contributed by atoms with van der Waals surface area (Å²) in [6.07, 6.45) is -3.91. The Morgan fingerprint density at radius 1 is 1.27 bits per heavy atom. The van der Waals surface area contributed by atoms with E-state index in [0.29, 0.717) is 5.56 Å². The third-order valence-corrected chi connectivity index (χ3v) is 6.27. The van der Waals surface area contributed by atoms with Crippen LogP contribution in [0.2, 0.25) is 10.0 Å². The van der Waals surface area contributed by atoms with Gasteiger partial charge in [-0.05, 0) is 32.2 Å². The van der Waals surface area contributed by atoms with Crippen LogP contribution >= 0.6 is 23.2 Å². The maximum atomic E-state index is 13.0. The van der Waals surface area contributed by atoms with Crippen molar-refractivity contribution in [2.75, 3.05) is 27.4 Å². The molecular formula is C23H29Cl2N3O9. The molecule has 1 saturated heterocycles. The van der Waals surface area contributed by atoms with Gasteiger partial charge in [0.2, 0.25) is 0 Å². The number of aliphatic hydroxyl groups excluding tert-OH is 3. The predicted molar refractivity (Wildman–Crippen MR) is 135 cm³/mol. The average molecular weight is 562 g/mol. The standard InChI is InChI=1S/C23H29Cl2N3O9/c1-10-13(21(32)28-17-19(31)18(30)15(8-29)37-23(17)35-5)6-14(24)20(16(10)25)36-9-12(26-3)7-27-11(2)22(33)34-4/h6-7,15,17-19,23,29-31H,3,8-9H2,1-2,4-5H3,(H,28,32)/b12-7-,27-11?/t15-,17-,18-,19-,23+/m1/s1. The van der Waals surface area contributed by atoms with E-state index in [9.17, 15) is 24.9 Å². The molecule has 2 rings (SSSR count). The van der Waals surface area contributed by atoms with E-state index in [1.54, 1.807) is 6.92 Å². The number of rotatable bonds is 10. The SMILES string of the molecule is C=N/C(=C\N=C(C)C(=O)OC)COc1c(Cl)cc(C(=O)N[C@H]2[C@@H](OC)O[C@H](CO)[C@@H](O)[C@@H]2O)c(C)c1Cl. The van der Waals surface area contributed by atoms with Crippen LogP contribution in [0.1, 0.15) is 22.8 Å². The van der Waals surface area contributed by atoms with Crippen LogP contribution in [0.15, 0.2) is 27.9 Å². The Hall–Kier alpha value is -2.58. The van der Waals surface area contributed by atoms with E-state index in [1.807, 2.05) is 0 Å². The van der Waals surface area contributed by atoms with E-state index in [4.69, 9.17) is 37.4 Å². The second-order valence-electron chi connectivity index (χ2n) is 7.89. The van der Waals surface area contributed by atoms with Crippen LogP contribution in [0.4, 0.5) is 0 Å². The highest BCUT2D eigenvalue weighted by atomic mass is 35.5. The van der Waals surface area contributed by atoms with Crippen molar-refractivity contribution >= 4 is 47.5 Å². The third-order valence-electron chi connectivity index (χ3n) is 5.53. The maximum Gasteiger partial charge on any atom is 0.352 e. The zero-order chi connectivity index (χ0) is 27.9. The Morgan fingerprint density at radius 2 is 1.95 bits per heavy atom. The number of nitrogens with one attached hydrogen (secondary N) is 1. The molecule has 0 spiro atoms. The molecule has 5 atom stereocenters. The molecule has 0 unspecified atom stereocenters. The van der Waals surface area contributed by atoms with Crippen molar-refractivity contribution in [2.24, 2.45) is 9.98 Å². The van der Waals surface area contributed by atoms with E-state index in [1.165, 1.54) is 33.4 Å². The lowest BCUT2D eigenvalue weighted by Gasteiger charge is -2.41. The summed E-state index contributed by atoms with van der Waals surface area (Å²) in [7, 11) is 2.52. The molecule has 0 bridgehead atoms. The molecule has 204 valence electrons. The summed E-state index contributed by atoms with van der Waals surface area (Å²) >= 11 is 12.8. The smallest absolute Gasteiger partial charge is 0.352 e. The number of halogens is 2. The van der Waals surface area contributed by atoms with Crippen LogP contribution in [-0.2, 0) is 19.0 Å². The van der Waals surface area contributed by atoms with Crippen molar-refractivity contribution in [3.63, 3.8) is 0 Å². The monoisotopic (exact) mass is 561 g/mol. The molecule has 12 nitrogen and oxygen atoms in total. The first kappa shape index (κ1) is 30.6. The van der Waals surface area contributed by atoms with Gasteiger partial charge in [0.05, 0.1) is 35.7 Å². The first-order chi connectivity index (χ1) is 17.5. The van der Waals surface area contributed by atoms with Crippen molar-refractivity contribution in [3.8, 4) is 5.75 Å². The number of amides is 1. The first-order valence-electron chi connectivity index (χ1n) is 10.9. The largest absolute Gasteiger partial charge is 0.484 e. The zero-order valence-corrected chi connectivity index (χ0v) is 22.1. The van der Waals surface area contributed by atoms with E-state index in [0.717, 1.165) is 0 Å². The van der Waals surface area contributed by atoms with Gasteiger partial charge < -0.3 is 39.6 Å². The molecule has 1 amide bonds. The number of carbonyl (C=O) groups is 2. The molecule has 37 heavy (non-hydrogen) atoms. The summed E-state index contributed by atoms with van der Waals surface area (Å²) in [6.45, 7) is 5.74. The van der Waals surface area contributed by atoms with E-state index < -0.39 is 49.1 Å². The van der Waals surface area contributed by atoms with Gasteiger partial charge in [-0.1, -0.05) is 23.2 Å². The lowest BCUT2D eigenvalue weighted by molar-refractivity contribution is -0.261. The second kappa shape index (κ2) is 13.8. The highest BCUT2D eigenvalue weighted by molar-refractivity contribution is 6.38. The number of nitrogens with zero attached hydrogens (tertiary/aromatic N) is 2. The molecule has 1 aromatic carbocycles. The van der Waals surface area contributed by atoms with E-state index in [-0.39, 0.29) is 39.4 Å². The summed E-state index contributed by atoms with van der Waals surface area (Å²) in [5, 5.41) is 32.6. The van der Waals surface area contributed by atoms with Gasteiger partial charge in [0.1, 0.15) is 36.7 Å². The molecule has 1 heterocycles. The predicted octanol–water partition coefficient (Wildman–Crippen LogP) is 1.04. The fraction of sp³-hybridized carbons (Fsp3) is 0.478. The minimum absolute atomic E-state index is 0.00233. The van der Waals surface area contributed by atoms with Gasteiger partial charge in [0.25, 0.3) is 5.91 Å². The quantitative estimate of drug-likeness (QED) is 0.241. The Morgan fingerprint density at radius 3 is 2.51 bits per heavy atom. The van der Waals surface area contributed by atoms with Crippen molar-refractivity contribution in [2.45, 2.75) is 44.5 Å². The van der Waals surface area contributed by atoms with Crippen molar-refractivity contribution < 1.29 is 43.9 Å². The summed E-state index contributed by atoms with van der Waals surface area (Å²) in [6, 6.07) is 0.159. The second-order valence-corrected chi connectivity index (χ2v) is 8.67. The van der Waals surface area contributed by atoms with Crippen molar-refractivity contribution in [3.05, 3.63) is 39.1 Å². The number of aliphatic hydroxyl groups is 3. The van der Waals surface area contributed by atoms with Gasteiger partial charge in [-0.15, -0.1) is 0 Å². The van der Waals surface area contributed by atoms with Gasteiger partial charge in [-0.25, -0.2) is 4.79 Å². The Balaban J connectivity index is 2.23. The van der Waals surface area contributed by atoms with Crippen LogP contribution in [0.5, 0.6) is 5.75 Å². The fourth-order valence-corrected chi connectivity index (χ4v) is 3.93. The van der Waals surface area contributed by atoms with Gasteiger partial charge in [0, 0.05) is 12.7 Å². The topological polar surface area (TPSA) is 168 Å². The molecule has 0 saturated carbocycles. The highest BCUT2D eigenvalue weighted by Crippen LogP contribution is 2.38. The third kappa shape index (κ3) is 7.26.